The average molecular weight is 208 g/mol. The van der Waals surface area contributed by atoms with Crippen LogP contribution in [0.1, 0.15) is 0 Å². The van der Waals surface area contributed by atoms with Crippen molar-refractivity contribution in [2.24, 2.45) is 0 Å². The van der Waals surface area contributed by atoms with Crippen LogP contribution in [0.25, 0.3) is 0 Å². The molecule has 0 saturated carbocycles. The number of hydrogen-bond donors (Lipinski definition) is 3. The van der Waals surface area contributed by atoms with Gasteiger partial charge in [-0.1, -0.05) is 12.1 Å². The molecule has 0 radical (unpaired) electrons. The van der Waals surface area contributed by atoms with Crippen molar-refractivity contribution in [3.8, 4) is 0 Å². The van der Waals surface area contributed by atoms with Crippen LogP contribution in [-0.2, 0) is 0 Å². The second-order valence-corrected chi connectivity index (χ2v) is 2.98. The van der Waals surface area contributed by atoms with E-state index in [-0.39, 0.29) is 0 Å². The highest BCUT2D eigenvalue weighted by atomic mass is 32.1. The summed E-state index contributed by atoms with van der Waals surface area (Å²) in [5.74, 6) is 1.09. The largest absolute Gasteiger partial charge is 0.384 e. The van der Waals surface area contributed by atoms with E-state index in [4.69, 9.17) is 18.0 Å². The van der Waals surface area contributed by atoms with Gasteiger partial charge in [-0.25, -0.2) is 4.98 Å². The molecule has 0 bridgehead atoms. The van der Waals surface area contributed by atoms with Crippen LogP contribution >= 0.6 is 12.2 Å². The van der Waals surface area contributed by atoms with Crippen molar-refractivity contribution in [2.45, 2.75) is 0 Å². The van der Waals surface area contributed by atoms with Gasteiger partial charge in [0.1, 0.15) is 11.6 Å². The Kier molecular flexibility index (Phi) is 3.87. The summed E-state index contributed by atoms with van der Waals surface area (Å²) in [6.07, 6.45) is 1.72. The maximum atomic E-state index is 5.50. The number of nitrogens with two attached hydrogens (primary N) is 1. The van der Waals surface area contributed by atoms with Gasteiger partial charge in [-0.2, -0.15) is 0 Å². The zero-order valence-corrected chi connectivity index (χ0v) is 8.47. The van der Waals surface area contributed by atoms with E-state index in [2.05, 4.69) is 22.2 Å². The van der Waals surface area contributed by atoms with Crippen LogP contribution in [0.4, 0.5) is 11.6 Å². The van der Waals surface area contributed by atoms with Gasteiger partial charge in [-0.3, -0.25) is 0 Å². The molecule has 0 aromatic carbocycles. The summed E-state index contributed by atoms with van der Waals surface area (Å²) in [5.41, 5.74) is 5.50. The molecule has 0 aliphatic rings. The summed E-state index contributed by atoms with van der Waals surface area (Å²) in [5, 5.41) is 6.32. The summed E-state index contributed by atoms with van der Waals surface area (Å²) >= 11 is 4.99. The highest BCUT2D eigenvalue weighted by Crippen LogP contribution is 2.04. The Bertz CT molecular complexity index is 337. The molecule has 4 nitrogen and oxygen atoms in total. The first kappa shape index (κ1) is 10.5. The molecule has 1 aromatic rings. The molecule has 0 unspecified atom stereocenters. The van der Waals surface area contributed by atoms with Crippen molar-refractivity contribution in [3.63, 3.8) is 0 Å². The van der Waals surface area contributed by atoms with E-state index in [0.717, 1.165) is 0 Å². The lowest BCUT2D eigenvalue weighted by Gasteiger charge is -2.07. The third-order valence-electron chi connectivity index (χ3n) is 1.42. The van der Waals surface area contributed by atoms with Gasteiger partial charge in [-0.15, -0.1) is 6.58 Å². The van der Waals surface area contributed by atoms with Gasteiger partial charge < -0.3 is 16.4 Å². The molecule has 0 aliphatic carbocycles. The van der Waals surface area contributed by atoms with Gasteiger partial charge in [0.05, 0.1) is 0 Å². The fraction of sp³-hybridized carbons (Fsp3) is 0.111. The third kappa shape index (κ3) is 3.40. The van der Waals surface area contributed by atoms with Crippen LogP contribution in [0.15, 0.2) is 30.9 Å². The Hall–Kier alpha value is -1.62. The first-order valence-electron chi connectivity index (χ1n) is 4.10. The van der Waals surface area contributed by atoms with E-state index in [1.165, 1.54) is 0 Å². The van der Waals surface area contributed by atoms with Crippen molar-refractivity contribution in [1.29, 1.82) is 0 Å². The Labute approximate surface area is 88.2 Å². The zero-order valence-electron chi connectivity index (χ0n) is 7.66. The van der Waals surface area contributed by atoms with Crippen molar-refractivity contribution in [1.82, 2.24) is 10.3 Å². The molecule has 4 N–H and O–H groups in total. The highest BCUT2D eigenvalue weighted by Gasteiger charge is 1.96. The number of nitrogens with one attached hydrogen (secondary N) is 2. The van der Waals surface area contributed by atoms with Crippen LogP contribution in [0.3, 0.4) is 0 Å². The molecule has 0 saturated heterocycles. The number of rotatable bonds is 3. The lowest BCUT2D eigenvalue weighted by atomic mass is 10.4. The van der Waals surface area contributed by atoms with Gasteiger partial charge >= 0.3 is 0 Å². The minimum absolute atomic E-state index is 0.460. The van der Waals surface area contributed by atoms with Crippen LogP contribution in [0.2, 0.25) is 0 Å². The van der Waals surface area contributed by atoms with Crippen molar-refractivity contribution in [3.05, 3.63) is 30.9 Å². The molecule has 1 rings (SSSR count). The van der Waals surface area contributed by atoms with Gasteiger partial charge in [0.15, 0.2) is 5.11 Å². The molecular formula is C9H12N4S. The number of aromatic nitrogens is 1. The topological polar surface area (TPSA) is 63.0 Å². The number of nitrogen functional groups attached to an aromatic ring is 1. The quantitative estimate of drug-likeness (QED) is 0.513. The Balaban J connectivity index is 2.51. The molecule has 74 valence electrons. The molecule has 0 fully saturated rings. The summed E-state index contributed by atoms with van der Waals surface area (Å²) in [4.78, 5) is 4.03. The number of pyridine rings is 1. The second-order valence-electron chi connectivity index (χ2n) is 2.57. The summed E-state index contributed by atoms with van der Waals surface area (Å²) in [6, 6.07) is 5.31. The molecule has 0 atom stereocenters. The van der Waals surface area contributed by atoms with E-state index in [1.54, 1.807) is 24.3 Å². The van der Waals surface area contributed by atoms with Gasteiger partial charge in [0.2, 0.25) is 0 Å². The fourth-order valence-electron chi connectivity index (χ4n) is 0.846. The maximum Gasteiger partial charge on any atom is 0.172 e. The van der Waals surface area contributed by atoms with Crippen molar-refractivity contribution < 1.29 is 0 Å². The lowest BCUT2D eigenvalue weighted by Crippen LogP contribution is -2.28. The SMILES string of the molecule is C=CCNC(=S)Nc1cccc(N)n1. The van der Waals surface area contributed by atoms with Crippen LogP contribution < -0.4 is 16.4 Å². The number of anilines is 2. The molecule has 1 heterocycles. The van der Waals surface area contributed by atoms with Crippen LogP contribution in [0.5, 0.6) is 0 Å². The zero-order chi connectivity index (χ0) is 10.4. The predicted molar refractivity (Wildman–Crippen MR) is 63.1 cm³/mol. The predicted octanol–water partition coefficient (Wildman–Crippen LogP) is 1.14. The molecule has 0 spiro atoms. The maximum absolute atomic E-state index is 5.50. The number of hydrogen-bond acceptors (Lipinski definition) is 3. The summed E-state index contributed by atoms with van der Waals surface area (Å²) < 4.78 is 0. The Morgan fingerprint density at radius 2 is 2.43 bits per heavy atom. The second kappa shape index (κ2) is 5.18. The molecular weight excluding hydrogens is 196 g/mol. The molecule has 0 amide bonds. The van der Waals surface area contributed by atoms with Crippen LogP contribution in [0, 0.1) is 0 Å². The number of nitrogens with zero attached hydrogens (tertiary/aromatic N) is 1. The summed E-state index contributed by atoms with van der Waals surface area (Å²) in [7, 11) is 0. The van der Waals surface area contributed by atoms with Gasteiger partial charge in [0.25, 0.3) is 0 Å². The normalized spacial score (nSPS) is 9.14. The third-order valence-corrected chi connectivity index (χ3v) is 1.67. The van der Waals surface area contributed by atoms with E-state index >= 15 is 0 Å². The standard InChI is InChI=1S/C9H12N4S/c1-2-6-11-9(14)13-8-5-3-4-7(10)12-8/h2-5H,1,6H2,(H4,10,11,12,13,14). The minimum atomic E-state index is 0.460. The first-order valence-corrected chi connectivity index (χ1v) is 4.51. The lowest BCUT2D eigenvalue weighted by molar-refractivity contribution is 1.06. The van der Waals surface area contributed by atoms with Gasteiger partial charge in [0, 0.05) is 6.54 Å². The molecule has 5 heteroatoms. The first-order chi connectivity index (χ1) is 6.72. The average Bonchev–Trinajstić information content (AvgIpc) is 2.15. The van der Waals surface area contributed by atoms with E-state index < -0.39 is 0 Å². The number of thiocarbonyl (C=S) groups is 1. The van der Waals surface area contributed by atoms with E-state index in [1.807, 2.05) is 0 Å². The summed E-state index contributed by atoms with van der Waals surface area (Å²) in [6.45, 7) is 4.19. The van der Waals surface area contributed by atoms with Crippen molar-refractivity contribution in [2.75, 3.05) is 17.6 Å². The van der Waals surface area contributed by atoms with E-state index in [9.17, 15) is 0 Å². The monoisotopic (exact) mass is 208 g/mol. The fourth-order valence-corrected chi connectivity index (χ4v) is 1.03. The smallest absolute Gasteiger partial charge is 0.172 e. The Morgan fingerprint density at radius 1 is 1.64 bits per heavy atom. The van der Waals surface area contributed by atoms with Gasteiger partial charge in [-0.05, 0) is 24.4 Å². The molecule has 1 aromatic heterocycles. The van der Waals surface area contributed by atoms with Crippen LogP contribution in [-0.4, -0.2) is 16.6 Å². The molecule has 0 aliphatic heterocycles. The molecule has 14 heavy (non-hydrogen) atoms. The minimum Gasteiger partial charge on any atom is -0.384 e. The van der Waals surface area contributed by atoms with E-state index in [0.29, 0.717) is 23.3 Å². The highest BCUT2D eigenvalue weighted by molar-refractivity contribution is 7.80. The van der Waals surface area contributed by atoms with Crippen molar-refractivity contribution >= 4 is 29.0 Å². The Morgan fingerprint density at radius 3 is 3.07 bits per heavy atom.